The molecule has 1 fully saturated rings. The largest absolute Gasteiger partial charge is 0.484 e. The maximum absolute atomic E-state index is 12.7. The van der Waals surface area contributed by atoms with Gasteiger partial charge in [0.2, 0.25) is 0 Å². The van der Waals surface area contributed by atoms with Crippen molar-refractivity contribution in [2.24, 2.45) is 0 Å². The highest BCUT2D eigenvalue weighted by atomic mass is 35.5. The number of morpholine rings is 1. The first kappa shape index (κ1) is 19.2. The molecule has 1 heterocycles. The molecule has 0 spiro atoms. The number of carbonyl (C=O) groups is 2. The third-order valence-electron chi connectivity index (χ3n) is 4.21. The highest BCUT2D eigenvalue weighted by Crippen LogP contribution is 2.17. The summed E-state index contributed by atoms with van der Waals surface area (Å²) in [6, 6.07) is 13.7. The van der Waals surface area contributed by atoms with E-state index in [-0.39, 0.29) is 24.5 Å². The van der Waals surface area contributed by atoms with E-state index in [1.165, 1.54) is 0 Å². The summed E-state index contributed by atoms with van der Waals surface area (Å²) >= 11 is 5.81. The lowest BCUT2D eigenvalue weighted by atomic mass is 10.1. The minimum atomic E-state index is -0.311. The van der Waals surface area contributed by atoms with Crippen molar-refractivity contribution in [3.05, 3.63) is 59.1 Å². The Bertz CT molecular complexity index is 810. The Morgan fingerprint density at radius 2 is 2.04 bits per heavy atom. The molecule has 7 heteroatoms. The summed E-state index contributed by atoms with van der Waals surface area (Å²) in [6.45, 7) is 3.45. The molecule has 2 aromatic rings. The third kappa shape index (κ3) is 5.21. The van der Waals surface area contributed by atoms with Crippen molar-refractivity contribution in [3.63, 3.8) is 0 Å². The number of ether oxygens (including phenoxy) is 2. The number of nitrogens with zero attached hydrogens (tertiary/aromatic N) is 1. The van der Waals surface area contributed by atoms with E-state index < -0.39 is 0 Å². The van der Waals surface area contributed by atoms with Gasteiger partial charge in [-0.1, -0.05) is 17.7 Å². The SMILES string of the molecule is CC1COCCN1C(=O)c1cccc(NC(=O)COc2ccc(Cl)cc2)c1. The number of hydrogen-bond acceptors (Lipinski definition) is 4. The van der Waals surface area contributed by atoms with Crippen molar-refractivity contribution in [2.75, 3.05) is 31.7 Å². The molecule has 142 valence electrons. The van der Waals surface area contributed by atoms with E-state index >= 15 is 0 Å². The van der Waals surface area contributed by atoms with Crippen molar-refractivity contribution in [1.82, 2.24) is 4.90 Å². The molecule has 0 saturated carbocycles. The third-order valence-corrected chi connectivity index (χ3v) is 4.46. The van der Waals surface area contributed by atoms with Crippen LogP contribution in [0.2, 0.25) is 5.02 Å². The van der Waals surface area contributed by atoms with Crippen LogP contribution in [-0.4, -0.2) is 49.1 Å². The minimum Gasteiger partial charge on any atom is -0.484 e. The average molecular weight is 389 g/mol. The smallest absolute Gasteiger partial charge is 0.262 e. The number of anilines is 1. The van der Waals surface area contributed by atoms with Gasteiger partial charge in [-0.05, 0) is 49.4 Å². The maximum Gasteiger partial charge on any atom is 0.262 e. The van der Waals surface area contributed by atoms with Gasteiger partial charge in [0.05, 0.1) is 19.3 Å². The average Bonchev–Trinajstić information content (AvgIpc) is 2.67. The van der Waals surface area contributed by atoms with E-state index in [1.807, 2.05) is 6.92 Å². The summed E-state index contributed by atoms with van der Waals surface area (Å²) in [5.74, 6) is 0.174. The Morgan fingerprint density at radius 3 is 2.78 bits per heavy atom. The van der Waals surface area contributed by atoms with Crippen molar-refractivity contribution >= 4 is 29.1 Å². The number of carbonyl (C=O) groups excluding carboxylic acids is 2. The Hall–Kier alpha value is -2.57. The molecule has 1 atom stereocenters. The lowest BCUT2D eigenvalue weighted by molar-refractivity contribution is -0.118. The molecule has 1 unspecified atom stereocenters. The molecular weight excluding hydrogens is 368 g/mol. The molecule has 1 N–H and O–H groups in total. The highest BCUT2D eigenvalue weighted by Gasteiger charge is 2.24. The zero-order valence-corrected chi connectivity index (χ0v) is 15.7. The van der Waals surface area contributed by atoms with Crippen LogP contribution in [-0.2, 0) is 9.53 Å². The summed E-state index contributed by atoms with van der Waals surface area (Å²) in [5, 5.41) is 3.35. The second kappa shape index (κ2) is 8.88. The molecule has 0 radical (unpaired) electrons. The normalized spacial score (nSPS) is 16.7. The first-order chi connectivity index (χ1) is 13.0. The molecule has 3 rings (SSSR count). The van der Waals surface area contributed by atoms with Crippen molar-refractivity contribution in [3.8, 4) is 5.75 Å². The maximum atomic E-state index is 12.7. The number of halogens is 1. The van der Waals surface area contributed by atoms with Crippen LogP contribution in [0.1, 0.15) is 17.3 Å². The second-order valence-electron chi connectivity index (χ2n) is 6.29. The minimum absolute atomic E-state index is 0.0253. The van der Waals surface area contributed by atoms with Gasteiger partial charge >= 0.3 is 0 Å². The number of rotatable bonds is 5. The Kier molecular flexibility index (Phi) is 6.32. The molecule has 0 aliphatic carbocycles. The van der Waals surface area contributed by atoms with Gasteiger partial charge in [0.25, 0.3) is 11.8 Å². The van der Waals surface area contributed by atoms with Crippen LogP contribution < -0.4 is 10.1 Å². The van der Waals surface area contributed by atoms with Crippen LogP contribution in [0.15, 0.2) is 48.5 Å². The highest BCUT2D eigenvalue weighted by molar-refractivity contribution is 6.30. The number of amides is 2. The number of benzene rings is 2. The second-order valence-corrected chi connectivity index (χ2v) is 6.73. The predicted octanol–water partition coefficient (Wildman–Crippen LogP) is 3.22. The summed E-state index contributed by atoms with van der Waals surface area (Å²) in [6.07, 6.45) is 0. The predicted molar refractivity (Wildman–Crippen MR) is 103 cm³/mol. The molecule has 1 aliphatic heterocycles. The molecular formula is C20H21ClN2O4. The first-order valence-electron chi connectivity index (χ1n) is 8.70. The number of hydrogen-bond donors (Lipinski definition) is 1. The number of nitrogens with one attached hydrogen (secondary N) is 1. The summed E-state index contributed by atoms with van der Waals surface area (Å²) in [7, 11) is 0. The van der Waals surface area contributed by atoms with Crippen molar-refractivity contribution in [1.29, 1.82) is 0 Å². The molecule has 2 aromatic carbocycles. The fourth-order valence-corrected chi connectivity index (χ4v) is 2.93. The van der Waals surface area contributed by atoms with E-state index in [4.69, 9.17) is 21.1 Å². The van der Waals surface area contributed by atoms with Crippen LogP contribution in [0.5, 0.6) is 5.75 Å². The van der Waals surface area contributed by atoms with Crippen LogP contribution in [0.4, 0.5) is 5.69 Å². The van der Waals surface area contributed by atoms with Gasteiger partial charge < -0.3 is 19.7 Å². The van der Waals surface area contributed by atoms with E-state index in [2.05, 4.69) is 5.32 Å². The monoisotopic (exact) mass is 388 g/mol. The standard InChI is InChI=1S/C20H21ClN2O4/c1-14-12-26-10-9-23(14)20(25)15-3-2-4-17(11-15)22-19(24)13-27-18-7-5-16(21)6-8-18/h2-8,11,14H,9-10,12-13H2,1H3,(H,22,24). The van der Waals surface area contributed by atoms with Gasteiger partial charge in [0.15, 0.2) is 6.61 Å². The zero-order valence-electron chi connectivity index (χ0n) is 15.0. The van der Waals surface area contributed by atoms with Crippen LogP contribution in [0, 0.1) is 0 Å². The molecule has 27 heavy (non-hydrogen) atoms. The van der Waals surface area contributed by atoms with E-state index in [9.17, 15) is 9.59 Å². The quantitative estimate of drug-likeness (QED) is 0.854. The molecule has 1 saturated heterocycles. The molecule has 1 aliphatic rings. The lowest BCUT2D eigenvalue weighted by Crippen LogP contribution is -2.47. The fraction of sp³-hybridized carbons (Fsp3) is 0.300. The lowest BCUT2D eigenvalue weighted by Gasteiger charge is -2.33. The van der Waals surface area contributed by atoms with Gasteiger partial charge in [-0.15, -0.1) is 0 Å². The van der Waals surface area contributed by atoms with Gasteiger partial charge in [0.1, 0.15) is 5.75 Å². The Morgan fingerprint density at radius 1 is 1.26 bits per heavy atom. The van der Waals surface area contributed by atoms with E-state index in [1.54, 1.807) is 53.4 Å². The molecule has 6 nitrogen and oxygen atoms in total. The molecule has 0 bridgehead atoms. The molecule has 0 aromatic heterocycles. The van der Waals surface area contributed by atoms with Gasteiger partial charge in [-0.3, -0.25) is 9.59 Å². The summed E-state index contributed by atoms with van der Waals surface area (Å²) < 4.78 is 10.8. The molecule has 2 amide bonds. The zero-order chi connectivity index (χ0) is 19.2. The topological polar surface area (TPSA) is 67.9 Å². The van der Waals surface area contributed by atoms with Crippen molar-refractivity contribution in [2.45, 2.75) is 13.0 Å². The van der Waals surface area contributed by atoms with Crippen LogP contribution >= 0.6 is 11.6 Å². The van der Waals surface area contributed by atoms with Gasteiger partial charge in [-0.2, -0.15) is 0 Å². The van der Waals surface area contributed by atoms with Gasteiger partial charge in [-0.25, -0.2) is 0 Å². The fourth-order valence-electron chi connectivity index (χ4n) is 2.80. The first-order valence-corrected chi connectivity index (χ1v) is 9.08. The van der Waals surface area contributed by atoms with Crippen LogP contribution in [0.25, 0.3) is 0 Å². The van der Waals surface area contributed by atoms with Crippen LogP contribution in [0.3, 0.4) is 0 Å². The van der Waals surface area contributed by atoms with Crippen molar-refractivity contribution < 1.29 is 19.1 Å². The van der Waals surface area contributed by atoms with E-state index in [0.717, 1.165) is 0 Å². The Balaban J connectivity index is 1.58. The summed E-state index contributed by atoms with van der Waals surface area (Å²) in [4.78, 5) is 26.6. The van der Waals surface area contributed by atoms with E-state index in [0.29, 0.717) is 41.8 Å². The Labute approximate surface area is 163 Å². The van der Waals surface area contributed by atoms with Gasteiger partial charge in [0, 0.05) is 22.8 Å². The summed E-state index contributed by atoms with van der Waals surface area (Å²) in [5.41, 5.74) is 1.08.